The zero-order valence-electron chi connectivity index (χ0n) is 15.9. The van der Waals surface area contributed by atoms with Gasteiger partial charge in [-0.05, 0) is 42.3 Å². The van der Waals surface area contributed by atoms with Crippen molar-refractivity contribution in [2.24, 2.45) is 0 Å². The van der Waals surface area contributed by atoms with Gasteiger partial charge in [-0.3, -0.25) is 15.1 Å². The van der Waals surface area contributed by atoms with Crippen LogP contribution in [0, 0.1) is 0 Å². The first-order valence-electron chi connectivity index (χ1n) is 9.16. The summed E-state index contributed by atoms with van der Waals surface area (Å²) in [6.45, 7) is 1.96. The van der Waals surface area contributed by atoms with Gasteiger partial charge in [-0.1, -0.05) is 25.5 Å². The predicted octanol–water partition coefficient (Wildman–Crippen LogP) is 4.43. The number of thiazole rings is 1. The summed E-state index contributed by atoms with van der Waals surface area (Å²) < 4.78 is 24.4. The van der Waals surface area contributed by atoms with Gasteiger partial charge in [0.1, 0.15) is 0 Å². The van der Waals surface area contributed by atoms with Gasteiger partial charge in [0, 0.05) is 29.4 Å². The van der Waals surface area contributed by atoms with E-state index in [4.69, 9.17) is 0 Å². The molecule has 0 atom stereocenters. The second kappa shape index (κ2) is 9.58. The molecule has 29 heavy (non-hydrogen) atoms. The van der Waals surface area contributed by atoms with Crippen LogP contribution in [0.4, 0.5) is 5.13 Å². The first-order valence-corrected chi connectivity index (χ1v) is 11.7. The van der Waals surface area contributed by atoms with Crippen molar-refractivity contribution < 1.29 is 13.2 Å². The molecule has 0 saturated heterocycles. The summed E-state index contributed by atoms with van der Waals surface area (Å²) in [5.74, 6) is -0.156. The summed E-state index contributed by atoms with van der Waals surface area (Å²) in [4.78, 5) is 20.8. The summed E-state index contributed by atoms with van der Waals surface area (Å²) in [6, 6.07) is 10.2. The Labute approximate surface area is 174 Å². The van der Waals surface area contributed by atoms with Crippen molar-refractivity contribution in [1.82, 2.24) is 9.97 Å². The minimum Gasteiger partial charge on any atom is -0.298 e. The molecule has 0 aliphatic rings. The number of aromatic nitrogens is 2. The van der Waals surface area contributed by atoms with Crippen LogP contribution in [-0.4, -0.2) is 30.0 Å². The average Bonchev–Trinajstić information content (AvgIpc) is 3.20. The van der Waals surface area contributed by atoms with Gasteiger partial charge in [0.15, 0.2) is 15.0 Å². The van der Waals surface area contributed by atoms with E-state index in [1.54, 1.807) is 42.7 Å². The number of carbonyl (C=O) groups excluding carboxylic acids is 1. The number of benzene rings is 1. The smallest absolute Gasteiger partial charge is 0.250 e. The second-order valence-corrected chi connectivity index (χ2v) is 9.31. The zero-order chi connectivity index (χ0) is 20.7. The van der Waals surface area contributed by atoms with Gasteiger partial charge in [0.25, 0.3) is 0 Å². The highest BCUT2D eigenvalue weighted by Crippen LogP contribution is 2.24. The largest absolute Gasteiger partial charge is 0.298 e. The minimum atomic E-state index is -3.25. The summed E-state index contributed by atoms with van der Waals surface area (Å²) in [7, 11) is -3.25. The lowest BCUT2D eigenvalue weighted by molar-refractivity contribution is -0.111. The minimum absolute atomic E-state index is 0.149. The van der Waals surface area contributed by atoms with Gasteiger partial charge in [-0.25, -0.2) is 13.4 Å². The van der Waals surface area contributed by atoms with Crippen molar-refractivity contribution >= 4 is 38.3 Å². The molecule has 2 heterocycles. The molecule has 3 rings (SSSR count). The first kappa shape index (κ1) is 20.9. The van der Waals surface area contributed by atoms with E-state index in [0.717, 1.165) is 23.2 Å². The van der Waals surface area contributed by atoms with E-state index >= 15 is 0 Å². The number of carbonyl (C=O) groups is 1. The molecule has 0 unspecified atom stereocenters. The molecule has 0 aliphatic carbocycles. The van der Waals surface area contributed by atoms with Gasteiger partial charge in [-0.2, -0.15) is 0 Å². The van der Waals surface area contributed by atoms with Crippen LogP contribution in [0.2, 0.25) is 0 Å². The van der Waals surface area contributed by atoms with Gasteiger partial charge in [-0.15, -0.1) is 11.3 Å². The number of anilines is 1. The third-order valence-electron chi connectivity index (χ3n) is 4.14. The lowest BCUT2D eigenvalue weighted by atomic mass is 10.2. The Bertz CT molecular complexity index is 1090. The van der Waals surface area contributed by atoms with Crippen LogP contribution in [0.3, 0.4) is 0 Å². The molecule has 2 aromatic heterocycles. The molecule has 0 bridgehead atoms. The van der Waals surface area contributed by atoms with Gasteiger partial charge in [0.2, 0.25) is 5.91 Å². The normalized spacial score (nSPS) is 11.6. The standard InChI is InChI=1S/C21H21N3O3S2/c1-2-3-14-29(26,27)18-7-4-16(5-8-18)6-9-20(25)24-21-23-19(15-28-21)17-10-12-22-13-11-17/h4-13,15H,2-3,14H2,1H3,(H,23,24,25)/b9-6-. The third-order valence-corrected chi connectivity index (χ3v) is 6.72. The maximum absolute atomic E-state index is 12.2. The number of pyridine rings is 1. The highest BCUT2D eigenvalue weighted by atomic mass is 32.2. The summed E-state index contributed by atoms with van der Waals surface area (Å²) >= 11 is 1.34. The van der Waals surface area contributed by atoms with Crippen LogP contribution in [0.25, 0.3) is 17.3 Å². The number of unbranched alkanes of at least 4 members (excludes halogenated alkanes) is 1. The van der Waals surface area contributed by atoms with Crippen molar-refractivity contribution in [3.05, 3.63) is 65.8 Å². The number of nitrogens with zero attached hydrogens (tertiary/aromatic N) is 2. The highest BCUT2D eigenvalue weighted by molar-refractivity contribution is 7.91. The monoisotopic (exact) mass is 427 g/mol. The van der Waals surface area contributed by atoms with E-state index in [2.05, 4.69) is 15.3 Å². The average molecular weight is 428 g/mol. The third kappa shape index (κ3) is 5.82. The molecule has 1 amide bonds. The van der Waals surface area contributed by atoms with E-state index < -0.39 is 9.84 Å². The molecule has 150 valence electrons. The quantitative estimate of drug-likeness (QED) is 0.537. The van der Waals surface area contributed by atoms with Crippen molar-refractivity contribution in [3.63, 3.8) is 0 Å². The number of hydrogen-bond acceptors (Lipinski definition) is 6. The van der Waals surface area contributed by atoms with E-state index in [1.807, 2.05) is 24.4 Å². The molecule has 8 heteroatoms. The number of rotatable bonds is 8. The molecule has 0 aliphatic heterocycles. The molecule has 1 N–H and O–H groups in total. The maximum atomic E-state index is 12.2. The predicted molar refractivity (Wildman–Crippen MR) is 116 cm³/mol. The Morgan fingerprint density at radius 1 is 1.14 bits per heavy atom. The summed E-state index contributed by atoms with van der Waals surface area (Å²) in [5, 5.41) is 5.10. The Morgan fingerprint density at radius 2 is 1.86 bits per heavy atom. The number of nitrogens with one attached hydrogen (secondary N) is 1. The molecule has 0 saturated carbocycles. The Balaban J connectivity index is 1.60. The van der Waals surface area contributed by atoms with Gasteiger partial charge >= 0.3 is 0 Å². The molecular formula is C21H21N3O3S2. The Kier molecular flexibility index (Phi) is 6.90. The molecular weight excluding hydrogens is 406 g/mol. The molecule has 0 spiro atoms. The molecule has 3 aromatic rings. The SMILES string of the molecule is CCCCS(=O)(=O)c1ccc(/C=C\C(=O)Nc2nc(-c3ccncc3)cs2)cc1. The van der Waals surface area contributed by atoms with Crippen LogP contribution >= 0.6 is 11.3 Å². The van der Waals surface area contributed by atoms with Gasteiger partial charge < -0.3 is 0 Å². The van der Waals surface area contributed by atoms with Gasteiger partial charge in [0.05, 0.1) is 16.3 Å². The van der Waals surface area contributed by atoms with Crippen LogP contribution in [0.15, 0.2) is 65.1 Å². The first-order chi connectivity index (χ1) is 14.0. The molecule has 0 radical (unpaired) electrons. The van der Waals surface area contributed by atoms with Crippen LogP contribution < -0.4 is 5.32 Å². The maximum Gasteiger partial charge on any atom is 0.250 e. The lowest BCUT2D eigenvalue weighted by Gasteiger charge is -2.04. The molecule has 1 aromatic carbocycles. The number of sulfone groups is 1. The fourth-order valence-electron chi connectivity index (χ4n) is 2.54. The highest BCUT2D eigenvalue weighted by Gasteiger charge is 2.13. The van der Waals surface area contributed by atoms with E-state index in [0.29, 0.717) is 16.4 Å². The number of amides is 1. The molecule has 6 nitrogen and oxygen atoms in total. The van der Waals surface area contributed by atoms with Crippen LogP contribution in [0.1, 0.15) is 25.3 Å². The second-order valence-electron chi connectivity index (χ2n) is 6.34. The van der Waals surface area contributed by atoms with Crippen LogP contribution in [-0.2, 0) is 14.6 Å². The topological polar surface area (TPSA) is 89.0 Å². The fourth-order valence-corrected chi connectivity index (χ4v) is 4.72. The fraction of sp³-hybridized carbons (Fsp3) is 0.190. The van der Waals surface area contributed by atoms with E-state index in [9.17, 15) is 13.2 Å². The van der Waals surface area contributed by atoms with Crippen molar-refractivity contribution in [2.45, 2.75) is 24.7 Å². The van der Waals surface area contributed by atoms with Crippen LogP contribution in [0.5, 0.6) is 0 Å². The summed E-state index contributed by atoms with van der Waals surface area (Å²) in [5.41, 5.74) is 2.45. The molecule has 0 fully saturated rings. The van der Waals surface area contributed by atoms with E-state index in [1.165, 1.54) is 17.4 Å². The Hall–Kier alpha value is -2.84. The van der Waals surface area contributed by atoms with Crippen molar-refractivity contribution in [2.75, 3.05) is 11.1 Å². The van der Waals surface area contributed by atoms with Crippen molar-refractivity contribution in [3.8, 4) is 11.3 Å². The van der Waals surface area contributed by atoms with Crippen molar-refractivity contribution in [1.29, 1.82) is 0 Å². The zero-order valence-corrected chi connectivity index (χ0v) is 17.5. The number of hydrogen-bond donors (Lipinski definition) is 1. The Morgan fingerprint density at radius 3 is 2.55 bits per heavy atom. The van der Waals surface area contributed by atoms with E-state index in [-0.39, 0.29) is 11.7 Å². The summed E-state index contributed by atoms with van der Waals surface area (Å²) in [6.07, 6.45) is 7.89. The lowest BCUT2D eigenvalue weighted by Crippen LogP contribution is -2.07.